The number of ether oxygens (including phenoxy) is 4. The number of carboxylic acid groups (broad SMARTS) is 1. The summed E-state index contributed by atoms with van der Waals surface area (Å²) in [6, 6.07) is 0.601. The number of anilines is 1. The van der Waals surface area contributed by atoms with Gasteiger partial charge in [0, 0.05) is 6.42 Å². The van der Waals surface area contributed by atoms with E-state index in [0.717, 1.165) is 18.5 Å². The first-order valence-electron chi connectivity index (χ1n) is 14.8. The molecule has 0 radical (unpaired) electrons. The van der Waals surface area contributed by atoms with E-state index in [1.54, 1.807) is 62.3 Å². The quantitative estimate of drug-likeness (QED) is 0.268. The van der Waals surface area contributed by atoms with Crippen molar-refractivity contribution in [3.05, 3.63) is 42.0 Å². The molecule has 15 nitrogen and oxygen atoms in total. The molecule has 0 aliphatic carbocycles. The molecule has 0 bridgehead atoms. The van der Waals surface area contributed by atoms with Crippen molar-refractivity contribution >= 4 is 41.2 Å². The van der Waals surface area contributed by atoms with E-state index in [1.807, 2.05) is 0 Å². The van der Waals surface area contributed by atoms with E-state index >= 15 is 4.39 Å². The number of hydrogen-bond acceptors (Lipinski definition) is 11. The van der Waals surface area contributed by atoms with Crippen LogP contribution in [0.25, 0.3) is 11.2 Å². The van der Waals surface area contributed by atoms with Gasteiger partial charge in [0.1, 0.15) is 34.9 Å². The largest absolute Gasteiger partial charge is 0.493 e. The summed E-state index contributed by atoms with van der Waals surface area (Å²) >= 11 is 0. The van der Waals surface area contributed by atoms with E-state index in [-0.39, 0.29) is 41.3 Å². The van der Waals surface area contributed by atoms with Crippen molar-refractivity contribution in [2.75, 3.05) is 11.5 Å². The second-order valence-corrected chi connectivity index (χ2v) is 13.6. The maximum Gasteiger partial charge on any atom is 0.425 e. The van der Waals surface area contributed by atoms with Crippen LogP contribution in [0.15, 0.2) is 24.8 Å². The second kappa shape index (κ2) is 14.4. The van der Waals surface area contributed by atoms with Gasteiger partial charge in [0.25, 0.3) is 0 Å². The van der Waals surface area contributed by atoms with Crippen molar-refractivity contribution in [3.8, 4) is 5.75 Å². The van der Waals surface area contributed by atoms with Gasteiger partial charge in [-0.15, -0.1) is 0 Å². The van der Waals surface area contributed by atoms with Crippen LogP contribution in [-0.2, 0) is 25.5 Å². The van der Waals surface area contributed by atoms with E-state index in [0.29, 0.717) is 4.90 Å². The summed E-state index contributed by atoms with van der Waals surface area (Å²) in [7, 11) is 0. The fourth-order valence-corrected chi connectivity index (χ4v) is 4.03. The number of carbonyl (C=O) groups excluding carboxylic acids is 3. The van der Waals surface area contributed by atoms with E-state index in [9.17, 15) is 28.7 Å². The third kappa shape index (κ3) is 10.2. The van der Waals surface area contributed by atoms with Gasteiger partial charge in [0.2, 0.25) is 0 Å². The van der Waals surface area contributed by atoms with E-state index in [1.165, 1.54) is 10.9 Å². The molecule has 0 aliphatic heterocycles. The summed E-state index contributed by atoms with van der Waals surface area (Å²) in [5.74, 6) is -4.21. The molecular formula is C31H40F2N6O9. The van der Waals surface area contributed by atoms with Crippen LogP contribution in [0.3, 0.4) is 0 Å². The number of nitrogens with zero attached hydrogens (tertiary/aromatic N) is 5. The maximum atomic E-state index is 15.2. The first-order chi connectivity index (χ1) is 22.1. The minimum atomic E-state index is -1.40. The monoisotopic (exact) mass is 678 g/mol. The number of imidazole rings is 1. The van der Waals surface area contributed by atoms with E-state index in [2.05, 4.69) is 20.3 Å². The second-order valence-electron chi connectivity index (χ2n) is 13.6. The number of halogens is 2. The summed E-state index contributed by atoms with van der Waals surface area (Å²) in [5.41, 5.74) is -3.17. The van der Waals surface area contributed by atoms with Gasteiger partial charge in [-0.2, -0.15) is 4.90 Å². The lowest BCUT2D eigenvalue weighted by molar-refractivity contribution is -0.139. The molecule has 0 fully saturated rings. The number of aliphatic carboxylic acids is 1. The van der Waals surface area contributed by atoms with Crippen LogP contribution in [0.5, 0.6) is 5.75 Å². The van der Waals surface area contributed by atoms with Crippen LogP contribution >= 0.6 is 0 Å². The molecule has 0 aliphatic rings. The zero-order valence-electron chi connectivity index (χ0n) is 28.2. The number of fused-ring (bicyclic) bond motifs is 1. The van der Waals surface area contributed by atoms with Crippen LogP contribution in [0.2, 0.25) is 0 Å². The molecular weight excluding hydrogens is 638 g/mol. The summed E-state index contributed by atoms with van der Waals surface area (Å²) < 4.78 is 52.5. The smallest absolute Gasteiger partial charge is 0.425 e. The highest BCUT2D eigenvalue weighted by molar-refractivity contribution is 6.12. The van der Waals surface area contributed by atoms with Crippen molar-refractivity contribution in [3.63, 3.8) is 0 Å². The van der Waals surface area contributed by atoms with Crippen molar-refractivity contribution < 1.29 is 52.0 Å². The first-order valence-corrected chi connectivity index (χ1v) is 14.8. The number of imide groups is 1. The number of amides is 3. The van der Waals surface area contributed by atoms with Crippen molar-refractivity contribution in [2.24, 2.45) is 0 Å². The summed E-state index contributed by atoms with van der Waals surface area (Å²) in [6.07, 6.45) is -1.14. The number of carbonyl (C=O) groups is 4. The molecule has 1 atom stereocenters. The molecule has 0 saturated heterocycles. The molecule has 1 unspecified atom stereocenters. The Morgan fingerprint density at radius 2 is 1.48 bits per heavy atom. The first kappa shape index (κ1) is 37.4. The normalized spacial score (nSPS) is 12.6. The number of rotatable bonds is 9. The van der Waals surface area contributed by atoms with Gasteiger partial charge >= 0.3 is 24.2 Å². The van der Waals surface area contributed by atoms with Gasteiger partial charge in [-0.1, -0.05) is 0 Å². The number of alkyl carbamates (subject to hydrolysis) is 1. The van der Waals surface area contributed by atoms with Crippen LogP contribution in [0.1, 0.15) is 74.3 Å². The van der Waals surface area contributed by atoms with Gasteiger partial charge in [-0.05, 0) is 74.4 Å². The average Bonchev–Trinajstić information content (AvgIpc) is 3.32. The predicted octanol–water partition coefficient (Wildman–Crippen LogP) is 5.58. The molecule has 262 valence electrons. The van der Waals surface area contributed by atoms with Crippen molar-refractivity contribution in [1.29, 1.82) is 0 Å². The zero-order chi connectivity index (χ0) is 36.2. The molecule has 2 N–H and O–H groups in total. The Morgan fingerprint density at radius 1 is 0.896 bits per heavy atom. The Morgan fingerprint density at radius 3 is 2.02 bits per heavy atom. The number of hydrogen-bond donors (Lipinski definition) is 2. The molecule has 3 amide bonds. The highest BCUT2D eigenvalue weighted by atomic mass is 19.2. The molecule has 0 saturated carbocycles. The number of carboxylic acids is 1. The van der Waals surface area contributed by atoms with Gasteiger partial charge in [0.05, 0.1) is 25.0 Å². The van der Waals surface area contributed by atoms with Gasteiger partial charge < -0.3 is 33.9 Å². The van der Waals surface area contributed by atoms with Crippen LogP contribution < -0.4 is 15.0 Å². The molecule has 48 heavy (non-hydrogen) atoms. The number of benzene rings is 1. The Hall–Kier alpha value is -5.09. The number of nitrogens with one attached hydrogen (secondary N) is 1. The molecule has 17 heteroatoms. The van der Waals surface area contributed by atoms with Gasteiger partial charge in [-0.25, -0.2) is 42.9 Å². The van der Waals surface area contributed by atoms with Crippen molar-refractivity contribution in [1.82, 2.24) is 24.8 Å². The summed E-state index contributed by atoms with van der Waals surface area (Å²) in [6.45, 7) is 13.8. The molecule has 3 aromatic rings. The Bertz CT molecular complexity index is 1650. The molecule has 2 heterocycles. The Kier molecular flexibility index (Phi) is 11.2. The fourth-order valence-electron chi connectivity index (χ4n) is 4.03. The predicted molar refractivity (Wildman–Crippen MR) is 167 cm³/mol. The van der Waals surface area contributed by atoms with Gasteiger partial charge in [0.15, 0.2) is 28.6 Å². The van der Waals surface area contributed by atoms with E-state index < -0.39 is 65.3 Å². The number of aromatic nitrogens is 4. The van der Waals surface area contributed by atoms with Crippen LogP contribution in [-0.4, -0.2) is 78.3 Å². The SMILES string of the molecule is CC(C)(C)OC(=O)NC(CCOc1ccc(F)c(F)c1Cn1cnc2c(N(C(=O)OC(C)(C)C)C(=O)OC(C)(C)C)ncnc21)C(=O)O. The molecule has 1 aromatic carbocycles. The lowest BCUT2D eigenvalue weighted by Gasteiger charge is -2.28. The minimum absolute atomic E-state index is 0.0271. The molecule has 3 rings (SSSR count). The molecule has 2 aromatic heterocycles. The Balaban J connectivity index is 1.93. The highest BCUT2D eigenvalue weighted by Gasteiger charge is 2.36. The molecule has 0 spiro atoms. The lowest BCUT2D eigenvalue weighted by atomic mass is 10.1. The van der Waals surface area contributed by atoms with Crippen LogP contribution in [0, 0.1) is 11.6 Å². The van der Waals surface area contributed by atoms with Gasteiger partial charge in [-0.3, -0.25) is 0 Å². The van der Waals surface area contributed by atoms with Crippen molar-refractivity contribution in [2.45, 2.75) is 98.1 Å². The highest BCUT2D eigenvalue weighted by Crippen LogP contribution is 2.29. The summed E-state index contributed by atoms with van der Waals surface area (Å²) in [5, 5.41) is 11.8. The lowest BCUT2D eigenvalue weighted by Crippen LogP contribution is -2.44. The Labute approximate surface area is 275 Å². The standard InChI is InChI=1S/C31H40F2N6O9/c1-29(2,3)46-26(42)37-19(25(40)41)12-13-45-20-11-10-18(32)21(33)17(20)14-38-16-36-22-23(38)34-15-35-24(22)39(27(43)47-30(4,5)6)28(44)48-31(7,8)9/h10-11,15-16,19H,12-14H2,1-9H3,(H,37,42)(H,40,41). The third-order valence-corrected chi connectivity index (χ3v) is 5.88. The van der Waals surface area contributed by atoms with E-state index in [4.69, 9.17) is 18.9 Å². The third-order valence-electron chi connectivity index (χ3n) is 5.88. The fraction of sp³-hybridized carbons (Fsp3) is 0.516. The maximum absolute atomic E-state index is 15.2. The minimum Gasteiger partial charge on any atom is -0.493 e. The topological polar surface area (TPSA) is 184 Å². The zero-order valence-corrected chi connectivity index (χ0v) is 28.2. The van der Waals surface area contributed by atoms with Crippen LogP contribution in [0.4, 0.5) is 29.0 Å². The average molecular weight is 679 g/mol. The summed E-state index contributed by atoms with van der Waals surface area (Å²) in [4.78, 5) is 63.3.